The van der Waals surface area contributed by atoms with Gasteiger partial charge in [-0.05, 0) is 47.7 Å². The predicted molar refractivity (Wildman–Crippen MR) is 154 cm³/mol. The Morgan fingerprint density at radius 3 is 2.58 bits per heavy atom. The Morgan fingerprint density at radius 1 is 1.03 bits per heavy atom. The standard InChI is InChI=1S/C31H29N5OS/c1-31(2,3)23-17-14-21-8-4-7-11-27(21)36(29(23)37)18-28-33-26(19-38-28)20-12-15-22(16-13-20)32-30-34-24-9-5-6-10-25(24)35-30/h4-13,15-16,19,23H,17-18H2,1-3H3,(H2,32,34,35). The number of amides is 1. The average molecular weight is 520 g/mol. The topological polar surface area (TPSA) is 73.9 Å². The van der Waals surface area contributed by atoms with Crippen molar-refractivity contribution >= 4 is 45.6 Å². The molecule has 0 fully saturated rings. The molecule has 7 heteroatoms. The van der Waals surface area contributed by atoms with Gasteiger partial charge in [0.05, 0.1) is 23.3 Å². The molecule has 0 spiro atoms. The summed E-state index contributed by atoms with van der Waals surface area (Å²) in [7, 11) is 0. The second-order valence-electron chi connectivity index (χ2n) is 10.7. The number of carbonyl (C=O) groups excluding carboxylic acids is 1. The number of nitrogens with one attached hydrogen (secondary N) is 2. The van der Waals surface area contributed by atoms with Crippen LogP contribution in [0, 0.1) is 17.8 Å². The molecule has 1 aliphatic rings. The number of nitrogens with zero attached hydrogens (tertiary/aromatic N) is 3. The highest BCUT2D eigenvalue weighted by Gasteiger charge is 2.38. The van der Waals surface area contributed by atoms with Gasteiger partial charge in [-0.15, -0.1) is 11.3 Å². The zero-order valence-electron chi connectivity index (χ0n) is 21.7. The van der Waals surface area contributed by atoms with Crippen LogP contribution in [-0.4, -0.2) is 20.9 Å². The number of hydrogen-bond donors (Lipinski definition) is 2. The van der Waals surface area contributed by atoms with E-state index in [-0.39, 0.29) is 17.2 Å². The highest BCUT2D eigenvalue weighted by molar-refractivity contribution is 7.10. The van der Waals surface area contributed by atoms with E-state index in [1.54, 1.807) is 11.3 Å². The van der Waals surface area contributed by atoms with Gasteiger partial charge in [-0.3, -0.25) is 4.79 Å². The van der Waals surface area contributed by atoms with Gasteiger partial charge in [0.15, 0.2) is 0 Å². The van der Waals surface area contributed by atoms with E-state index in [9.17, 15) is 4.79 Å². The average Bonchev–Trinajstić information content (AvgIpc) is 3.50. The third-order valence-corrected chi connectivity index (χ3v) is 7.81. The maximum absolute atomic E-state index is 13.7. The normalized spacial score (nSPS) is 15.9. The number of para-hydroxylation sites is 3. The van der Waals surface area contributed by atoms with Crippen LogP contribution >= 0.6 is 11.3 Å². The van der Waals surface area contributed by atoms with E-state index >= 15 is 0 Å². The maximum Gasteiger partial charge on any atom is 0.231 e. The van der Waals surface area contributed by atoms with Crippen LogP contribution in [0.3, 0.4) is 0 Å². The minimum Gasteiger partial charge on any atom is -0.326 e. The molecule has 5 aromatic rings. The van der Waals surface area contributed by atoms with E-state index in [1.165, 1.54) is 0 Å². The molecular formula is C31H29N5OS. The third-order valence-electron chi connectivity index (χ3n) is 6.98. The van der Waals surface area contributed by atoms with Crippen LogP contribution in [0.2, 0.25) is 0 Å². The van der Waals surface area contributed by atoms with E-state index in [2.05, 4.69) is 60.0 Å². The minimum atomic E-state index is -0.156. The molecule has 2 radical (unpaired) electrons. The first kappa shape index (κ1) is 24.4. The third kappa shape index (κ3) is 4.82. The Labute approximate surface area is 226 Å². The molecule has 2 N–H and O–H groups in total. The molecule has 190 valence electrons. The van der Waals surface area contributed by atoms with E-state index in [4.69, 9.17) is 4.98 Å². The number of anilines is 3. The van der Waals surface area contributed by atoms with Crippen molar-refractivity contribution in [3.63, 3.8) is 0 Å². The molecule has 0 aliphatic carbocycles. The van der Waals surface area contributed by atoms with Crippen molar-refractivity contribution in [3.05, 3.63) is 95.2 Å². The maximum atomic E-state index is 13.7. The van der Waals surface area contributed by atoms with Gasteiger partial charge in [0.1, 0.15) is 5.01 Å². The number of fused-ring (bicyclic) bond motifs is 2. The van der Waals surface area contributed by atoms with Crippen molar-refractivity contribution < 1.29 is 4.79 Å². The van der Waals surface area contributed by atoms with Crippen LogP contribution < -0.4 is 10.2 Å². The highest BCUT2D eigenvalue weighted by Crippen LogP contribution is 2.39. The van der Waals surface area contributed by atoms with Crippen molar-refractivity contribution in [2.75, 3.05) is 10.2 Å². The molecule has 6 nitrogen and oxygen atoms in total. The molecule has 0 saturated carbocycles. The summed E-state index contributed by atoms with van der Waals surface area (Å²) in [6.07, 6.45) is 4.12. The second-order valence-corrected chi connectivity index (χ2v) is 11.6. The first-order valence-corrected chi connectivity index (χ1v) is 13.6. The number of benzene rings is 3. The van der Waals surface area contributed by atoms with Crippen molar-refractivity contribution in [1.82, 2.24) is 15.0 Å². The number of aromatic nitrogens is 3. The van der Waals surface area contributed by atoms with Gasteiger partial charge in [0.25, 0.3) is 0 Å². The van der Waals surface area contributed by atoms with Crippen LogP contribution in [0.5, 0.6) is 0 Å². The summed E-state index contributed by atoms with van der Waals surface area (Å²) in [6.45, 7) is 6.82. The van der Waals surface area contributed by atoms with Gasteiger partial charge in [0.2, 0.25) is 11.9 Å². The summed E-state index contributed by atoms with van der Waals surface area (Å²) in [5.74, 6) is 0.703. The van der Waals surface area contributed by atoms with Gasteiger partial charge < -0.3 is 15.2 Å². The highest BCUT2D eigenvalue weighted by atomic mass is 32.1. The number of aromatic amines is 1. The van der Waals surface area contributed by atoms with Crippen molar-refractivity contribution in [1.29, 1.82) is 0 Å². The molecule has 1 amide bonds. The van der Waals surface area contributed by atoms with E-state index in [0.29, 0.717) is 18.9 Å². The summed E-state index contributed by atoms with van der Waals surface area (Å²) in [4.78, 5) is 28.4. The lowest BCUT2D eigenvalue weighted by atomic mass is 9.77. The van der Waals surface area contributed by atoms with Crippen molar-refractivity contribution in [3.8, 4) is 11.3 Å². The monoisotopic (exact) mass is 519 g/mol. The lowest BCUT2D eigenvalue weighted by Crippen LogP contribution is -2.40. The molecule has 2 aromatic heterocycles. The minimum absolute atomic E-state index is 0.132. The number of imidazole rings is 1. The largest absolute Gasteiger partial charge is 0.326 e. The molecule has 3 heterocycles. The Kier molecular flexibility index (Phi) is 6.24. The molecule has 0 saturated heterocycles. The van der Waals surface area contributed by atoms with E-state index in [0.717, 1.165) is 44.2 Å². The van der Waals surface area contributed by atoms with Crippen LogP contribution in [0.1, 0.15) is 37.8 Å². The predicted octanol–water partition coefficient (Wildman–Crippen LogP) is 7.46. The van der Waals surface area contributed by atoms with E-state index in [1.807, 2.05) is 65.6 Å². The quantitative estimate of drug-likeness (QED) is 0.253. The summed E-state index contributed by atoms with van der Waals surface area (Å²) in [5.41, 5.74) is 6.53. The molecule has 3 aromatic carbocycles. The fraction of sp³-hybridized carbons (Fsp3) is 0.226. The summed E-state index contributed by atoms with van der Waals surface area (Å²) in [5, 5.41) is 6.30. The van der Waals surface area contributed by atoms with Gasteiger partial charge in [-0.25, -0.2) is 9.97 Å². The summed E-state index contributed by atoms with van der Waals surface area (Å²) >= 11 is 1.58. The first-order chi connectivity index (χ1) is 18.3. The zero-order valence-corrected chi connectivity index (χ0v) is 22.5. The second kappa shape index (κ2) is 9.72. The smallest absolute Gasteiger partial charge is 0.231 e. The van der Waals surface area contributed by atoms with Gasteiger partial charge in [-0.2, -0.15) is 0 Å². The molecule has 6 rings (SSSR count). The Balaban J connectivity index is 1.21. The van der Waals surface area contributed by atoms with E-state index < -0.39 is 0 Å². The zero-order chi connectivity index (χ0) is 26.3. The summed E-state index contributed by atoms with van der Waals surface area (Å²) in [6, 6.07) is 24.1. The van der Waals surface area contributed by atoms with Crippen molar-refractivity contribution in [2.45, 2.75) is 33.7 Å². The number of H-pyrrole nitrogens is 1. The molecule has 38 heavy (non-hydrogen) atoms. The number of thiazole rings is 1. The Morgan fingerprint density at radius 2 is 1.79 bits per heavy atom. The fourth-order valence-corrected chi connectivity index (χ4v) is 5.62. The Bertz CT molecular complexity index is 1560. The lowest BCUT2D eigenvalue weighted by Gasteiger charge is -2.32. The van der Waals surface area contributed by atoms with Gasteiger partial charge in [0, 0.05) is 34.7 Å². The van der Waals surface area contributed by atoms with Gasteiger partial charge in [-0.1, -0.05) is 63.2 Å². The fourth-order valence-electron chi connectivity index (χ4n) is 4.83. The molecule has 1 unspecified atom stereocenters. The SMILES string of the molecule is CC(C)(C)C1C[C]c2ccccc2N(Cc2nc(-c3ccc(Nc4nc5ccccc5[nH]4)cc3)cs2)C1=O. The lowest BCUT2D eigenvalue weighted by molar-refractivity contribution is -0.125. The van der Waals surface area contributed by atoms with Crippen LogP contribution in [0.15, 0.2) is 78.2 Å². The summed E-state index contributed by atoms with van der Waals surface area (Å²) < 4.78 is 0. The Hall–Kier alpha value is -3.97. The number of rotatable bonds is 5. The molecule has 0 bridgehead atoms. The van der Waals surface area contributed by atoms with Gasteiger partial charge >= 0.3 is 0 Å². The number of carbonyl (C=O) groups is 1. The van der Waals surface area contributed by atoms with Crippen LogP contribution in [0.25, 0.3) is 22.3 Å². The van der Waals surface area contributed by atoms with Crippen LogP contribution in [0.4, 0.5) is 17.3 Å². The first-order valence-electron chi connectivity index (χ1n) is 12.8. The molecular weight excluding hydrogens is 490 g/mol. The van der Waals surface area contributed by atoms with Crippen LogP contribution in [-0.2, 0) is 11.3 Å². The molecule has 1 atom stereocenters. The van der Waals surface area contributed by atoms with Crippen molar-refractivity contribution in [2.24, 2.45) is 11.3 Å². The number of hydrogen-bond acceptors (Lipinski definition) is 5. The molecule has 1 aliphatic heterocycles.